The molecule has 0 aromatic heterocycles. The van der Waals surface area contributed by atoms with E-state index in [0.717, 1.165) is 0 Å². The van der Waals surface area contributed by atoms with Gasteiger partial charge in [0.05, 0.1) is 0 Å². The Morgan fingerprint density at radius 1 is 0.700 bits per heavy atom. The largest absolute Gasteiger partial charge is 0.378 e. The minimum Gasteiger partial charge on any atom is -0.378 e. The summed E-state index contributed by atoms with van der Waals surface area (Å²) in [6, 6.07) is 10.2. The SMILES string of the molecule is CN(C)c1ccccc1.Fc1cc(F)c(F)c(F)c1F. The topological polar surface area (TPSA) is 3.24 Å². The molecule has 0 N–H and O–H groups in total. The van der Waals surface area contributed by atoms with Crippen LogP contribution in [0.5, 0.6) is 0 Å². The number of halogens is 5. The predicted octanol–water partition coefficient (Wildman–Crippen LogP) is 4.13. The van der Waals surface area contributed by atoms with Gasteiger partial charge < -0.3 is 4.90 Å². The Morgan fingerprint density at radius 3 is 1.50 bits per heavy atom. The van der Waals surface area contributed by atoms with Crippen molar-refractivity contribution < 1.29 is 22.0 Å². The van der Waals surface area contributed by atoms with E-state index in [2.05, 4.69) is 17.0 Å². The summed E-state index contributed by atoms with van der Waals surface area (Å²) >= 11 is 0. The number of benzene rings is 2. The number of para-hydroxylation sites is 1. The minimum atomic E-state index is -2.14. The minimum absolute atomic E-state index is 0.0618. The molecule has 0 heterocycles. The number of hydrogen-bond donors (Lipinski definition) is 0. The molecule has 0 saturated carbocycles. The van der Waals surface area contributed by atoms with Gasteiger partial charge in [0.1, 0.15) is 0 Å². The van der Waals surface area contributed by atoms with Crippen molar-refractivity contribution in [1.29, 1.82) is 0 Å². The Morgan fingerprint density at radius 2 is 1.15 bits per heavy atom. The summed E-state index contributed by atoms with van der Waals surface area (Å²) in [6.45, 7) is 0. The monoisotopic (exact) mass is 289 g/mol. The number of anilines is 1. The Labute approximate surface area is 113 Å². The van der Waals surface area contributed by atoms with Crippen molar-refractivity contribution in [2.45, 2.75) is 0 Å². The third-order valence-electron chi connectivity index (χ3n) is 2.33. The van der Waals surface area contributed by atoms with E-state index in [1.807, 2.05) is 32.3 Å². The number of nitrogens with zero attached hydrogens (tertiary/aromatic N) is 1. The van der Waals surface area contributed by atoms with Gasteiger partial charge in [0, 0.05) is 25.8 Å². The molecule has 2 aromatic carbocycles. The van der Waals surface area contributed by atoms with Crippen LogP contribution in [0.25, 0.3) is 0 Å². The summed E-state index contributed by atoms with van der Waals surface area (Å²) in [5.41, 5.74) is 1.25. The average Bonchev–Trinajstić information content (AvgIpc) is 2.44. The van der Waals surface area contributed by atoms with Crippen LogP contribution >= 0.6 is 0 Å². The van der Waals surface area contributed by atoms with Gasteiger partial charge >= 0.3 is 0 Å². The van der Waals surface area contributed by atoms with Crippen LogP contribution < -0.4 is 4.90 Å². The summed E-state index contributed by atoms with van der Waals surface area (Å²) in [5.74, 6) is -9.65. The highest BCUT2D eigenvalue weighted by molar-refractivity contribution is 5.43. The molecule has 0 saturated heterocycles. The first-order valence-electron chi connectivity index (χ1n) is 5.55. The molecule has 0 aliphatic carbocycles. The Bertz CT molecular complexity index is 543. The van der Waals surface area contributed by atoms with Crippen LogP contribution in [0.1, 0.15) is 0 Å². The first kappa shape index (κ1) is 15.9. The fourth-order valence-corrected chi connectivity index (χ4v) is 1.27. The third-order valence-corrected chi connectivity index (χ3v) is 2.33. The van der Waals surface area contributed by atoms with Gasteiger partial charge in [0.25, 0.3) is 0 Å². The third kappa shape index (κ3) is 3.94. The lowest BCUT2D eigenvalue weighted by Gasteiger charge is -2.10. The van der Waals surface area contributed by atoms with Gasteiger partial charge in [-0.05, 0) is 12.1 Å². The molecule has 0 bridgehead atoms. The first-order chi connectivity index (χ1) is 9.34. The number of rotatable bonds is 1. The molecule has 2 aromatic rings. The zero-order valence-electron chi connectivity index (χ0n) is 10.8. The Kier molecular flexibility index (Phi) is 5.49. The maximum absolute atomic E-state index is 12.0. The lowest BCUT2D eigenvalue weighted by molar-refractivity contribution is 0.378. The van der Waals surface area contributed by atoms with E-state index in [0.29, 0.717) is 0 Å². The van der Waals surface area contributed by atoms with E-state index in [1.165, 1.54) is 5.69 Å². The van der Waals surface area contributed by atoms with Crippen molar-refractivity contribution in [2.75, 3.05) is 19.0 Å². The zero-order valence-corrected chi connectivity index (χ0v) is 10.8. The predicted molar refractivity (Wildman–Crippen MR) is 67.0 cm³/mol. The molecule has 108 valence electrons. The lowest BCUT2D eigenvalue weighted by atomic mass is 10.3. The van der Waals surface area contributed by atoms with Crippen molar-refractivity contribution in [3.63, 3.8) is 0 Å². The molecule has 6 heteroatoms. The van der Waals surface area contributed by atoms with Crippen molar-refractivity contribution in [3.8, 4) is 0 Å². The smallest absolute Gasteiger partial charge is 0.200 e. The van der Waals surface area contributed by atoms with Crippen LogP contribution in [-0.4, -0.2) is 14.1 Å². The quantitative estimate of drug-likeness (QED) is 0.433. The molecule has 0 spiro atoms. The highest BCUT2D eigenvalue weighted by Gasteiger charge is 2.18. The molecule has 0 atom stereocenters. The molecular formula is C14H12F5N. The fraction of sp³-hybridized carbons (Fsp3) is 0.143. The normalized spacial score (nSPS) is 9.75. The van der Waals surface area contributed by atoms with Gasteiger partial charge in [0.2, 0.25) is 5.82 Å². The van der Waals surface area contributed by atoms with E-state index in [-0.39, 0.29) is 6.07 Å². The second kappa shape index (κ2) is 6.88. The van der Waals surface area contributed by atoms with E-state index < -0.39 is 29.1 Å². The second-order valence-corrected chi connectivity index (χ2v) is 4.01. The van der Waals surface area contributed by atoms with Crippen LogP contribution in [0.2, 0.25) is 0 Å². The Hall–Kier alpha value is -2.11. The summed E-state index contributed by atoms with van der Waals surface area (Å²) in [4.78, 5) is 2.08. The highest BCUT2D eigenvalue weighted by atomic mass is 19.2. The van der Waals surface area contributed by atoms with Crippen molar-refractivity contribution in [1.82, 2.24) is 0 Å². The van der Waals surface area contributed by atoms with Gasteiger partial charge in [-0.15, -0.1) is 0 Å². The molecular weight excluding hydrogens is 277 g/mol. The summed E-state index contributed by atoms with van der Waals surface area (Å²) < 4.78 is 60.0. The molecule has 0 aliphatic rings. The first-order valence-corrected chi connectivity index (χ1v) is 5.55. The van der Waals surface area contributed by atoms with E-state index >= 15 is 0 Å². The second-order valence-electron chi connectivity index (χ2n) is 4.01. The number of hydrogen-bond acceptors (Lipinski definition) is 1. The molecule has 0 aliphatic heterocycles. The fourth-order valence-electron chi connectivity index (χ4n) is 1.27. The summed E-state index contributed by atoms with van der Waals surface area (Å²) in [6.07, 6.45) is 0. The lowest BCUT2D eigenvalue weighted by Crippen LogP contribution is -2.07. The van der Waals surface area contributed by atoms with Crippen LogP contribution in [0.15, 0.2) is 36.4 Å². The zero-order chi connectivity index (χ0) is 15.3. The van der Waals surface area contributed by atoms with Gasteiger partial charge in [-0.3, -0.25) is 0 Å². The van der Waals surface area contributed by atoms with Crippen LogP contribution in [0.3, 0.4) is 0 Å². The summed E-state index contributed by atoms with van der Waals surface area (Å²) in [5, 5.41) is 0. The standard InChI is InChI=1S/C8H11N.C6HF5/c1-9(2)8-6-4-3-5-7-8;7-2-1-3(8)5(10)6(11)4(2)9/h3-7H,1-2H3;1H. The van der Waals surface area contributed by atoms with E-state index in [1.54, 1.807) is 0 Å². The van der Waals surface area contributed by atoms with Gasteiger partial charge in [-0.1, -0.05) is 18.2 Å². The summed E-state index contributed by atoms with van der Waals surface area (Å²) in [7, 11) is 4.07. The molecule has 0 radical (unpaired) electrons. The molecule has 0 unspecified atom stereocenters. The molecule has 20 heavy (non-hydrogen) atoms. The van der Waals surface area contributed by atoms with E-state index in [4.69, 9.17) is 0 Å². The highest BCUT2D eigenvalue weighted by Crippen LogP contribution is 2.16. The van der Waals surface area contributed by atoms with Crippen molar-refractivity contribution in [3.05, 3.63) is 65.5 Å². The Balaban J connectivity index is 0.000000204. The maximum Gasteiger partial charge on any atom is 0.200 e. The average molecular weight is 289 g/mol. The molecule has 0 fully saturated rings. The van der Waals surface area contributed by atoms with Crippen LogP contribution in [0.4, 0.5) is 27.6 Å². The molecule has 1 nitrogen and oxygen atoms in total. The molecule has 2 rings (SSSR count). The van der Waals surface area contributed by atoms with Crippen molar-refractivity contribution >= 4 is 5.69 Å². The molecule has 0 amide bonds. The van der Waals surface area contributed by atoms with E-state index in [9.17, 15) is 22.0 Å². The van der Waals surface area contributed by atoms with Crippen LogP contribution in [0, 0.1) is 29.1 Å². The van der Waals surface area contributed by atoms with Crippen molar-refractivity contribution in [2.24, 2.45) is 0 Å². The van der Waals surface area contributed by atoms with Gasteiger partial charge in [0.15, 0.2) is 23.3 Å². The van der Waals surface area contributed by atoms with Crippen LogP contribution in [-0.2, 0) is 0 Å². The van der Waals surface area contributed by atoms with Gasteiger partial charge in [-0.2, -0.15) is 0 Å². The maximum atomic E-state index is 12.0. The van der Waals surface area contributed by atoms with Gasteiger partial charge in [-0.25, -0.2) is 22.0 Å².